The Kier molecular flexibility index (Phi) is 6.34. The molecule has 1 aromatic rings. The molecule has 0 aromatic heterocycles. The molecule has 3 atom stereocenters. The maximum atomic E-state index is 13.0. The monoisotopic (exact) mass is 429 g/mol. The zero-order valence-corrected chi connectivity index (χ0v) is 18.2. The van der Waals surface area contributed by atoms with Crippen LogP contribution in [0.2, 0.25) is 0 Å². The fraction of sp³-hybridized carbons (Fsp3) is 0.609. The van der Waals surface area contributed by atoms with Gasteiger partial charge in [-0.25, -0.2) is 0 Å². The Morgan fingerprint density at radius 1 is 1.19 bits per heavy atom. The van der Waals surface area contributed by atoms with Crippen LogP contribution in [-0.2, 0) is 14.4 Å². The lowest BCUT2D eigenvalue weighted by atomic mass is 9.96. The molecule has 8 nitrogen and oxygen atoms in total. The average molecular weight is 430 g/mol. The predicted octanol–water partition coefficient (Wildman–Crippen LogP) is 2.36. The number of anilines is 1. The second kappa shape index (κ2) is 9.16. The van der Waals surface area contributed by atoms with Crippen LogP contribution in [-0.4, -0.2) is 43.1 Å². The van der Waals surface area contributed by atoms with Crippen molar-refractivity contribution in [1.82, 2.24) is 10.6 Å². The summed E-state index contributed by atoms with van der Waals surface area (Å²) in [5.41, 5.74) is 0.682. The lowest BCUT2D eigenvalue weighted by Crippen LogP contribution is -2.53. The van der Waals surface area contributed by atoms with Gasteiger partial charge in [0.2, 0.25) is 24.5 Å². The van der Waals surface area contributed by atoms with Gasteiger partial charge in [0, 0.05) is 30.8 Å². The minimum absolute atomic E-state index is 0.00687. The van der Waals surface area contributed by atoms with E-state index in [1.165, 1.54) is 0 Å². The van der Waals surface area contributed by atoms with E-state index in [4.69, 9.17) is 9.47 Å². The van der Waals surface area contributed by atoms with Crippen molar-refractivity contribution >= 4 is 23.4 Å². The molecule has 2 fully saturated rings. The van der Waals surface area contributed by atoms with Gasteiger partial charge in [-0.15, -0.1) is 0 Å². The van der Waals surface area contributed by atoms with E-state index in [2.05, 4.69) is 10.6 Å². The molecule has 4 rings (SSSR count). The van der Waals surface area contributed by atoms with Gasteiger partial charge in [-0.3, -0.25) is 14.4 Å². The van der Waals surface area contributed by atoms with E-state index in [0.29, 0.717) is 17.2 Å². The van der Waals surface area contributed by atoms with Crippen LogP contribution in [0.25, 0.3) is 0 Å². The van der Waals surface area contributed by atoms with E-state index in [0.717, 1.165) is 32.1 Å². The van der Waals surface area contributed by atoms with Gasteiger partial charge in [0.05, 0.1) is 5.92 Å². The summed E-state index contributed by atoms with van der Waals surface area (Å²) in [7, 11) is 0. The van der Waals surface area contributed by atoms with Crippen LogP contribution in [0.1, 0.15) is 52.4 Å². The van der Waals surface area contributed by atoms with Crippen molar-refractivity contribution in [1.29, 1.82) is 0 Å². The summed E-state index contributed by atoms with van der Waals surface area (Å²) in [5.74, 6) is 0.272. The number of hydrogen-bond donors (Lipinski definition) is 2. The molecule has 0 radical (unpaired) electrons. The van der Waals surface area contributed by atoms with E-state index in [-0.39, 0.29) is 49.4 Å². The van der Waals surface area contributed by atoms with Crippen molar-refractivity contribution in [2.45, 2.75) is 64.5 Å². The standard InChI is InChI=1S/C23H31N3O5/c1-3-14(2)21(23(29)24-16-6-4-5-7-16)25-22(28)15-10-20(27)26(12-15)17-8-9-18-19(11-17)31-13-30-18/h8-9,11,14-16,21H,3-7,10,12-13H2,1-2H3,(H,24,29)(H,25,28). The molecule has 1 aromatic carbocycles. The number of carbonyl (C=O) groups excluding carboxylic acids is 3. The lowest BCUT2D eigenvalue weighted by molar-refractivity contribution is -0.132. The van der Waals surface area contributed by atoms with Gasteiger partial charge in [0.15, 0.2) is 11.5 Å². The number of ether oxygens (including phenoxy) is 2. The van der Waals surface area contributed by atoms with E-state index >= 15 is 0 Å². The SMILES string of the molecule is CCC(C)C(NC(=O)C1CC(=O)N(c2ccc3c(c2)OCO3)C1)C(=O)NC1CCCC1. The average Bonchev–Trinajstić information content (AvgIpc) is 3.51. The van der Waals surface area contributed by atoms with Gasteiger partial charge in [-0.1, -0.05) is 33.1 Å². The molecule has 3 unspecified atom stereocenters. The molecule has 0 spiro atoms. The summed E-state index contributed by atoms with van der Waals surface area (Å²) in [6.45, 7) is 4.42. The molecular formula is C23H31N3O5. The summed E-state index contributed by atoms with van der Waals surface area (Å²) >= 11 is 0. The van der Waals surface area contributed by atoms with Crippen molar-refractivity contribution in [2.24, 2.45) is 11.8 Å². The highest BCUT2D eigenvalue weighted by molar-refractivity contribution is 6.01. The number of rotatable bonds is 7. The molecule has 2 heterocycles. The lowest BCUT2D eigenvalue weighted by Gasteiger charge is -2.26. The number of nitrogens with zero attached hydrogens (tertiary/aromatic N) is 1. The smallest absolute Gasteiger partial charge is 0.243 e. The Balaban J connectivity index is 1.40. The van der Waals surface area contributed by atoms with Crippen molar-refractivity contribution in [3.63, 3.8) is 0 Å². The highest BCUT2D eigenvalue weighted by Gasteiger charge is 2.38. The Hall–Kier alpha value is -2.77. The Morgan fingerprint density at radius 2 is 1.94 bits per heavy atom. The van der Waals surface area contributed by atoms with Crippen LogP contribution in [0.4, 0.5) is 5.69 Å². The molecule has 2 aliphatic heterocycles. The van der Waals surface area contributed by atoms with Crippen LogP contribution < -0.4 is 25.0 Å². The molecule has 1 aliphatic carbocycles. The van der Waals surface area contributed by atoms with E-state index in [1.807, 2.05) is 13.8 Å². The van der Waals surface area contributed by atoms with Gasteiger partial charge in [0.25, 0.3) is 0 Å². The minimum atomic E-state index is -0.590. The zero-order chi connectivity index (χ0) is 22.0. The molecule has 8 heteroatoms. The third kappa shape index (κ3) is 4.62. The van der Waals surface area contributed by atoms with Gasteiger partial charge in [-0.2, -0.15) is 0 Å². The zero-order valence-electron chi connectivity index (χ0n) is 18.2. The molecular weight excluding hydrogens is 398 g/mol. The second-order valence-corrected chi connectivity index (χ2v) is 8.80. The highest BCUT2D eigenvalue weighted by Crippen LogP contribution is 2.37. The first-order chi connectivity index (χ1) is 15.0. The minimum Gasteiger partial charge on any atom is -0.454 e. The van der Waals surface area contributed by atoms with E-state index < -0.39 is 12.0 Å². The Morgan fingerprint density at radius 3 is 2.68 bits per heavy atom. The summed E-state index contributed by atoms with van der Waals surface area (Å²) < 4.78 is 10.7. The normalized spacial score (nSPS) is 22.5. The molecule has 168 valence electrons. The largest absolute Gasteiger partial charge is 0.454 e. The maximum Gasteiger partial charge on any atom is 0.243 e. The number of carbonyl (C=O) groups is 3. The summed E-state index contributed by atoms with van der Waals surface area (Å²) in [6, 6.07) is 4.93. The molecule has 31 heavy (non-hydrogen) atoms. The molecule has 1 saturated heterocycles. The fourth-order valence-electron chi connectivity index (χ4n) is 4.52. The van der Waals surface area contributed by atoms with Gasteiger partial charge in [-0.05, 0) is 30.9 Å². The van der Waals surface area contributed by atoms with Gasteiger partial charge in [0.1, 0.15) is 6.04 Å². The first-order valence-electron chi connectivity index (χ1n) is 11.3. The van der Waals surface area contributed by atoms with E-state index in [9.17, 15) is 14.4 Å². The third-order valence-corrected chi connectivity index (χ3v) is 6.66. The predicted molar refractivity (Wildman–Crippen MR) is 115 cm³/mol. The van der Waals surface area contributed by atoms with Crippen LogP contribution in [0, 0.1) is 11.8 Å². The number of nitrogens with one attached hydrogen (secondary N) is 2. The van der Waals surface area contributed by atoms with Crippen LogP contribution >= 0.6 is 0 Å². The van der Waals surface area contributed by atoms with Crippen LogP contribution in [0.15, 0.2) is 18.2 Å². The van der Waals surface area contributed by atoms with Gasteiger partial charge < -0.3 is 25.0 Å². The number of amides is 3. The first-order valence-corrected chi connectivity index (χ1v) is 11.3. The second-order valence-electron chi connectivity index (χ2n) is 8.80. The Labute approximate surface area is 182 Å². The molecule has 3 aliphatic rings. The van der Waals surface area contributed by atoms with E-state index in [1.54, 1.807) is 23.1 Å². The summed E-state index contributed by atoms with van der Waals surface area (Å²) in [5, 5.41) is 6.04. The van der Waals surface area contributed by atoms with Crippen LogP contribution in [0.5, 0.6) is 11.5 Å². The van der Waals surface area contributed by atoms with Crippen molar-refractivity contribution < 1.29 is 23.9 Å². The molecule has 0 bridgehead atoms. The number of benzene rings is 1. The maximum absolute atomic E-state index is 13.0. The van der Waals surface area contributed by atoms with Crippen molar-refractivity contribution in [3.8, 4) is 11.5 Å². The number of hydrogen-bond acceptors (Lipinski definition) is 5. The quantitative estimate of drug-likeness (QED) is 0.694. The molecule has 1 saturated carbocycles. The topological polar surface area (TPSA) is 97.0 Å². The summed E-state index contributed by atoms with van der Waals surface area (Å²) in [6.07, 6.45) is 5.15. The summed E-state index contributed by atoms with van der Waals surface area (Å²) in [4.78, 5) is 40.1. The fourth-order valence-corrected chi connectivity index (χ4v) is 4.52. The molecule has 3 amide bonds. The van der Waals surface area contributed by atoms with Crippen molar-refractivity contribution in [2.75, 3.05) is 18.2 Å². The number of fused-ring (bicyclic) bond motifs is 1. The Bertz CT molecular complexity index is 852. The van der Waals surface area contributed by atoms with Crippen molar-refractivity contribution in [3.05, 3.63) is 18.2 Å². The molecule has 2 N–H and O–H groups in total. The van der Waals surface area contributed by atoms with Crippen LogP contribution in [0.3, 0.4) is 0 Å². The van der Waals surface area contributed by atoms with Gasteiger partial charge >= 0.3 is 0 Å². The highest BCUT2D eigenvalue weighted by atomic mass is 16.7. The third-order valence-electron chi connectivity index (χ3n) is 6.66. The first kappa shape index (κ1) is 21.5.